The van der Waals surface area contributed by atoms with Crippen molar-refractivity contribution in [1.82, 2.24) is 0 Å². The summed E-state index contributed by atoms with van der Waals surface area (Å²) in [6.07, 6.45) is 0. The number of rotatable bonds is 4. The normalized spacial score (nSPS) is 9.91. The maximum atomic E-state index is 5.02. The van der Waals surface area contributed by atoms with E-state index in [2.05, 4.69) is 4.84 Å². The predicted molar refractivity (Wildman–Crippen MR) is 41.4 cm³/mol. The fourth-order valence-electron chi connectivity index (χ4n) is 0.782. The van der Waals surface area contributed by atoms with E-state index in [0.29, 0.717) is 6.61 Å². The van der Waals surface area contributed by atoms with Gasteiger partial charge in [0, 0.05) is 0 Å². The van der Waals surface area contributed by atoms with Crippen molar-refractivity contribution in [3.05, 3.63) is 35.9 Å². The van der Waals surface area contributed by atoms with Crippen LogP contribution in [0.4, 0.5) is 0 Å². The van der Waals surface area contributed by atoms with Crippen molar-refractivity contribution in [3.8, 4) is 0 Å². The fourth-order valence-corrected chi connectivity index (χ4v) is 0.782. The molecule has 3 nitrogen and oxygen atoms in total. The number of ether oxygens (including phenoxy) is 1. The standard InChI is InChI=1S/C8H11NO2/c9-11-7-10-6-8-4-2-1-3-5-8/h1-5H,6-7,9H2. The van der Waals surface area contributed by atoms with Gasteiger partial charge in [0.25, 0.3) is 0 Å². The van der Waals surface area contributed by atoms with E-state index >= 15 is 0 Å². The van der Waals surface area contributed by atoms with E-state index in [1.54, 1.807) is 0 Å². The summed E-state index contributed by atoms with van der Waals surface area (Å²) in [6.45, 7) is 0.674. The summed E-state index contributed by atoms with van der Waals surface area (Å²) in [4.78, 5) is 4.24. The molecule has 0 bridgehead atoms. The third-order valence-electron chi connectivity index (χ3n) is 1.26. The van der Waals surface area contributed by atoms with Crippen LogP contribution in [0.2, 0.25) is 0 Å². The Balaban J connectivity index is 2.28. The van der Waals surface area contributed by atoms with Crippen LogP contribution in [0.3, 0.4) is 0 Å². The minimum Gasteiger partial charge on any atom is -0.349 e. The number of hydrogen-bond donors (Lipinski definition) is 1. The Morgan fingerprint density at radius 3 is 2.55 bits per heavy atom. The Kier molecular flexibility index (Phi) is 3.61. The van der Waals surface area contributed by atoms with Crippen LogP contribution in [0, 0.1) is 0 Å². The smallest absolute Gasteiger partial charge is 0.166 e. The topological polar surface area (TPSA) is 44.5 Å². The largest absolute Gasteiger partial charge is 0.349 e. The molecule has 0 saturated heterocycles. The number of benzene rings is 1. The predicted octanol–water partition coefficient (Wildman–Crippen LogP) is 1.05. The number of nitrogens with two attached hydrogens (primary N) is 1. The van der Waals surface area contributed by atoms with Crippen LogP contribution >= 0.6 is 0 Å². The van der Waals surface area contributed by atoms with Crippen LogP contribution in [0.5, 0.6) is 0 Å². The van der Waals surface area contributed by atoms with E-state index in [0.717, 1.165) is 5.56 Å². The van der Waals surface area contributed by atoms with Gasteiger partial charge in [0.1, 0.15) is 0 Å². The minimum absolute atomic E-state index is 0.134. The quantitative estimate of drug-likeness (QED) is 0.399. The Labute approximate surface area is 65.7 Å². The molecule has 0 radical (unpaired) electrons. The molecular weight excluding hydrogens is 142 g/mol. The zero-order valence-corrected chi connectivity index (χ0v) is 6.19. The highest BCUT2D eigenvalue weighted by Crippen LogP contribution is 1.99. The lowest BCUT2D eigenvalue weighted by molar-refractivity contribution is -0.0631. The zero-order chi connectivity index (χ0) is 7.94. The van der Waals surface area contributed by atoms with Crippen molar-refractivity contribution in [2.75, 3.05) is 6.79 Å². The van der Waals surface area contributed by atoms with Crippen LogP contribution in [0.1, 0.15) is 5.56 Å². The molecule has 0 heterocycles. The molecule has 0 unspecified atom stereocenters. The molecule has 11 heavy (non-hydrogen) atoms. The van der Waals surface area contributed by atoms with E-state index in [4.69, 9.17) is 10.6 Å². The van der Waals surface area contributed by atoms with Crippen LogP contribution < -0.4 is 5.90 Å². The Morgan fingerprint density at radius 1 is 1.18 bits per heavy atom. The lowest BCUT2D eigenvalue weighted by atomic mass is 10.2. The molecule has 0 aromatic heterocycles. The maximum Gasteiger partial charge on any atom is 0.166 e. The highest BCUT2D eigenvalue weighted by molar-refractivity contribution is 5.13. The second-order valence-corrected chi connectivity index (χ2v) is 2.12. The molecule has 0 aliphatic heterocycles. The van der Waals surface area contributed by atoms with Gasteiger partial charge in [-0.15, -0.1) is 0 Å². The van der Waals surface area contributed by atoms with E-state index in [1.165, 1.54) is 0 Å². The molecule has 0 aliphatic carbocycles. The molecular formula is C8H11NO2. The summed E-state index contributed by atoms with van der Waals surface area (Å²) >= 11 is 0. The highest BCUT2D eigenvalue weighted by atomic mass is 16.7. The van der Waals surface area contributed by atoms with Gasteiger partial charge in [-0.25, -0.2) is 5.90 Å². The van der Waals surface area contributed by atoms with Crippen molar-refractivity contribution < 1.29 is 9.57 Å². The van der Waals surface area contributed by atoms with E-state index in [1.807, 2.05) is 30.3 Å². The molecule has 0 amide bonds. The van der Waals surface area contributed by atoms with Gasteiger partial charge < -0.3 is 4.74 Å². The van der Waals surface area contributed by atoms with Gasteiger partial charge in [0.05, 0.1) is 6.61 Å². The first-order valence-corrected chi connectivity index (χ1v) is 3.37. The van der Waals surface area contributed by atoms with E-state index < -0.39 is 0 Å². The van der Waals surface area contributed by atoms with Crippen molar-refractivity contribution >= 4 is 0 Å². The molecule has 3 heteroatoms. The Morgan fingerprint density at radius 2 is 1.91 bits per heavy atom. The molecule has 0 atom stereocenters. The molecule has 0 fully saturated rings. The van der Waals surface area contributed by atoms with Gasteiger partial charge >= 0.3 is 0 Å². The van der Waals surface area contributed by atoms with Crippen LogP contribution in [0.25, 0.3) is 0 Å². The molecule has 1 aromatic carbocycles. The molecule has 1 rings (SSSR count). The summed E-state index contributed by atoms with van der Waals surface area (Å²) in [5.74, 6) is 4.77. The Bertz CT molecular complexity index is 189. The first-order chi connectivity index (χ1) is 5.43. The van der Waals surface area contributed by atoms with Gasteiger partial charge in [0.15, 0.2) is 6.79 Å². The number of hydrogen-bond acceptors (Lipinski definition) is 3. The Hall–Kier alpha value is -0.900. The zero-order valence-electron chi connectivity index (χ0n) is 6.19. The lowest BCUT2D eigenvalue weighted by Crippen LogP contribution is -2.04. The van der Waals surface area contributed by atoms with Crippen molar-refractivity contribution in [2.45, 2.75) is 6.61 Å². The minimum atomic E-state index is 0.134. The first-order valence-electron chi connectivity index (χ1n) is 3.37. The van der Waals surface area contributed by atoms with Gasteiger partial charge in [-0.1, -0.05) is 30.3 Å². The monoisotopic (exact) mass is 153 g/mol. The van der Waals surface area contributed by atoms with Crippen LogP contribution in [-0.2, 0) is 16.2 Å². The van der Waals surface area contributed by atoms with Gasteiger partial charge in [-0.05, 0) is 5.56 Å². The summed E-state index contributed by atoms with van der Waals surface area (Å²) in [5.41, 5.74) is 1.12. The summed E-state index contributed by atoms with van der Waals surface area (Å²) in [7, 11) is 0. The van der Waals surface area contributed by atoms with E-state index in [-0.39, 0.29) is 6.79 Å². The average Bonchev–Trinajstić information content (AvgIpc) is 2.07. The average molecular weight is 153 g/mol. The van der Waals surface area contributed by atoms with Gasteiger partial charge in [-0.3, -0.25) is 4.84 Å². The molecule has 0 saturated carbocycles. The fraction of sp³-hybridized carbons (Fsp3) is 0.250. The van der Waals surface area contributed by atoms with Crippen molar-refractivity contribution in [3.63, 3.8) is 0 Å². The summed E-state index contributed by atoms with van der Waals surface area (Å²) in [5, 5.41) is 0. The molecule has 1 aromatic rings. The first kappa shape index (κ1) is 8.20. The summed E-state index contributed by atoms with van der Waals surface area (Å²) in [6, 6.07) is 9.85. The molecule has 60 valence electrons. The highest BCUT2D eigenvalue weighted by Gasteiger charge is 1.88. The third-order valence-corrected chi connectivity index (χ3v) is 1.26. The van der Waals surface area contributed by atoms with Crippen LogP contribution in [0.15, 0.2) is 30.3 Å². The molecule has 0 spiro atoms. The molecule has 0 aliphatic rings. The second-order valence-electron chi connectivity index (χ2n) is 2.12. The van der Waals surface area contributed by atoms with Gasteiger partial charge in [-0.2, -0.15) is 0 Å². The third kappa shape index (κ3) is 3.13. The lowest BCUT2D eigenvalue weighted by Gasteiger charge is -2.00. The summed E-state index contributed by atoms with van der Waals surface area (Å²) < 4.78 is 5.02. The van der Waals surface area contributed by atoms with Gasteiger partial charge in [0.2, 0.25) is 0 Å². The SMILES string of the molecule is NOCOCc1ccccc1. The second kappa shape index (κ2) is 4.85. The van der Waals surface area contributed by atoms with Crippen LogP contribution in [-0.4, -0.2) is 6.79 Å². The van der Waals surface area contributed by atoms with Crippen molar-refractivity contribution in [2.24, 2.45) is 5.90 Å². The van der Waals surface area contributed by atoms with E-state index in [9.17, 15) is 0 Å². The van der Waals surface area contributed by atoms with Crippen molar-refractivity contribution in [1.29, 1.82) is 0 Å². The maximum absolute atomic E-state index is 5.02. The molecule has 2 N–H and O–H groups in total.